The highest BCUT2D eigenvalue weighted by atomic mass is 14.6. The molecule has 0 aromatic heterocycles. The van der Waals surface area contributed by atoms with Gasteiger partial charge in [0.25, 0.3) is 0 Å². The minimum Gasteiger partial charge on any atom is -0.398 e. The van der Waals surface area contributed by atoms with E-state index in [0.29, 0.717) is 0 Å². The van der Waals surface area contributed by atoms with Crippen molar-refractivity contribution >= 4 is 16.5 Å². The minimum absolute atomic E-state index is 0.923. The predicted octanol–water partition coefficient (Wildman–Crippen LogP) is 7.38. The second-order valence-electron chi connectivity index (χ2n) is 7.28. The molecule has 0 heterocycles. The molecule has 0 fully saturated rings. The van der Waals surface area contributed by atoms with Crippen LogP contribution in [-0.4, -0.2) is 0 Å². The quantitative estimate of drug-likeness (QED) is 0.318. The SMILES string of the molecule is CCCCCCCCCc1cc2ccccc2c(N)c1-c1ccccc1. The van der Waals surface area contributed by atoms with Crippen molar-refractivity contribution in [2.45, 2.75) is 58.3 Å². The molecule has 0 bridgehead atoms. The molecule has 0 aliphatic heterocycles. The van der Waals surface area contributed by atoms with Gasteiger partial charge < -0.3 is 5.73 Å². The van der Waals surface area contributed by atoms with Crippen LogP contribution in [0.2, 0.25) is 0 Å². The Bertz CT molecular complexity index is 820. The van der Waals surface area contributed by atoms with Gasteiger partial charge in [-0.3, -0.25) is 0 Å². The molecule has 0 radical (unpaired) electrons. The zero-order valence-corrected chi connectivity index (χ0v) is 16.0. The number of aryl methyl sites for hydroxylation is 1. The molecule has 0 saturated carbocycles. The van der Waals surface area contributed by atoms with Gasteiger partial charge >= 0.3 is 0 Å². The summed E-state index contributed by atoms with van der Waals surface area (Å²) in [5, 5.41) is 2.41. The van der Waals surface area contributed by atoms with E-state index in [0.717, 1.165) is 17.5 Å². The second-order valence-corrected chi connectivity index (χ2v) is 7.28. The summed E-state index contributed by atoms with van der Waals surface area (Å²) in [5.41, 5.74) is 11.4. The zero-order chi connectivity index (χ0) is 18.2. The van der Waals surface area contributed by atoms with Gasteiger partial charge in [-0.1, -0.05) is 106 Å². The Morgan fingerprint density at radius 2 is 1.38 bits per heavy atom. The number of nitrogens with two attached hydrogens (primary N) is 1. The van der Waals surface area contributed by atoms with E-state index in [1.165, 1.54) is 67.0 Å². The average Bonchev–Trinajstić information content (AvgIpc) is 2.68. The smallest absolute Gasteiger partial charge is 0.0476 e. The van der Waals surface area contributed by atoms with Crippen molar-refractivity contribution in [2.24, 2.45) is 0 Å². The number of hydrogen-bond acceptors (Lipinski definition) is 1. The molecule has 0 aliphatic rings. The Hall–Kier alpha value is -2.28. The van der Waals surface area contributed by atoms with Crippen LogP contribution in [0.4, 0.5) is 5.69 Å². The maximum Gasteiger partial charge on any atom is 0.0476 e. The van der Waals surface area contributed by atoms with Gasteiger partial charge in [-0.15, -0.1) is 0 Å². The summed E-state index contributed by atoms with van der Waals surface area (Å²) in [4.78, 5) is 0. The fraction of sp³-hybridized carbons (Fsp3) is 0.360. The first kappa shape index (κ1) is 18.5. The first-order valence-corrected chi connectivity index (χ1v) is 10.2. The van der Waals surface area contributed by atoms with Crippen molar-refractivity contribution in [3.63, 3.8) is 0 Å². The van der Waals surface area contributed by atoms with Crippen molar-refractivity contribution in [1.82, 2.24) is 0 Å². The summed E-state index contributed by atoms with van der Waals surface area (Å²) < 4.78 is 0. The molecular weight excluding hydrogens is 314 g/mol. The molecule has 3 aromatic carbocycles. The van der Waals surface area contributed by atoms with Crippen LogP contribution >= 0.6 is 0 Å². The summed E-state index contributed by atoms with van der Waals surface area (Å²) in [6.45, 7) is 2.27. The van der Waals surface area contributed by atoms with E-state index in [1.54, 1.807) is 0 Å². The Morgan fingerprint density at radius 1 is 0.731 bits per heavy atom. The van der Waals surface area contributed by atoms with Crippen LogP contribution in [-0.2, 0) is 6.42 Å². The highest BCUT2D eigenvalue weighted by molar-refractivity contribution is 6.02. The molecule has 0 aliphatic carbocycles. The highest BCUT2D eigenvalue weighted by Gasteiger charge is 2.12. The molecule has 0 unspecified atom stereocenters. The molecule has 0 saturated heterocycles. The lowest BCUT2D eigenvalue weighted by molar-refractivity contribution is 0.589. The Kier molecular flexibility index (Phi) is 6.71. The van der Waals surface area contributed by atoms with Crippen molar-refractivity contribution in [3.8, 4) is 11.1 Å². The summed E-state index contributed by atoms with van der Waals surface area (Å²) in [6.07, 6.45) is 10.5. The van der Waals surface area contributed by atoms with Crippen LogP contribution in [0.25, 0.3) is 21.9 Å². The fourth-order valence-electron chi connectivity index (χ4n) is 3.85. The second kappa shape index (κ2) is 9.43. The van der Waals surface area contributed by atoms with Gasteiger partial charge in [0, 0.05) is 16.6 Å². The van der Waals surface area contributed by atoms with Crippen molar-refractivity contribution < 1.29 is 0 Å². The van der Waals surface area contributed by atoms with E-state index in [2.05, 4.69) is 67.6 Å². The van der Waals surface area contributed by atoms with Crippen molar-refractivity contribution in [1.29, 1.82) is 0 Å². The third-order valence-electron chi connectivity index (χ3n) is 5.28. The lowest BCUT2D eigenvalue weighted by Crippen LogP contribution is -1.98. The van der Waals surface area contributed by atoms with Crippen LogP contribution in [0.1, 0.15) is 57.4 Å². The first-order valence-electron chi connectivity index (χ1n) is 10.2. The third kappa shape index (κ3) is 4.46. The van der Waals surface area contributed by atoms with Crippen LogP contribution in [0.3, 0.4) is 0 Å². The molecule has 1 heteroatoms. The molecule has 0 atom stereocenters. The normalized spacial score (nSPS) is 11.1. The lowest BCUT2D eigenvalue weighted by Gasteiger charge is -2.16. The number of nitrogen functional groups attached to an aromatic ring is 1. The molecule has 0 amide bonds. The zero-order valence-electron chi connectivity index (χ0n) is 16.0. The standard InChI is InChI=1S/C25H31N/c1-2-3-4-5-6-7-9-17-22-19-21-16-12-13-18-23(21)25(26)24(22)20-14-10-8-11-15-20/h8,10-16,18-19H,2-7,9,17,26H2,1H3. The van der Waals surface area contributed by atoms with Crippen LogP contribution in [0, 0.1) is 0 Å². The summed E-state index contributed by atoms with van der Waals surface area (Å²) >= 11 is 0. The Labute approximate surface area is 158 Å². The van der Waals surface area contributed by atoms with Crippen molar-refractivity contribution in [2.75, 3.05) is 5.73 Å². The molecule has 1 nitrogen and oxygen atoms in total. The molecule has 26 heavy (non-hydrogen) atoms. The summed E-state index contributed by atoms with van der Waals surface area (Å²) in [6, 6.07) is 21.4. The average molecular weight is 346 g/mol. The maximum atomic E-state index is 6.64. The third-order valence-corrected chi connectivity index (χ3v) is 5.28. The van der Waals surface area contributed by atoms with Gasteiger partial charge in [0.2, 0.25) is 0 Å². The number of benzene rings is 3. The van der Waals surface area contributed by atoms with Gasteiger partial charge in [-0.2, -0.15) is 0 Å². The Morgan fingerprint density at radius 3 is 2.15 bits per heavy atom. The van der Waals surface area contributed by atoms with Gasteiger partial charge in [0.15, 0.2) is 0 Å². The van der Waals surface area contributed by atoms with E-state index < -0.39 is 0 Å². The number of hydrogen-bond donors (Lipinski definition) is 1. The van der Waals surface area contributed by atoms with E-state index >= 15 is 0 Å². The van der Waals surface area contributed by atoms with Gasteiger partial charge in [-0.25, -0.2) is 0 Å². The van der Waals surface area contributed by atoms with E-state index in [-0.39, 0.29) is 0 Å². The van der Waals surface area contributed by atoms with Gasteiger partial charge in [0.1, 0.15) is 0 Å². The molecule has 3 aromatic rings. The van der Waals surface area contributed by atoms with Gasteiger partial charge in [0.05, 0.1) is 0 Å². The molecular formula is C25H31N. The number of unbranched alkanes of at least 4 members (excludes halogenated alkanes) is 6. The monoisotopic (exact) mass is 345 g/mol. The summed E-state index contributed by atoms with van der Waals surface area (Å²) in [7, 11) is 0. The van der Waals surface area contributed by atoms with Crippen LogP contribution in [0.5, 0.6) is 0 Å². The van der Waals surface area contributed by atoms with Crippen molar-refractivity contribution in [3.05, 3.63) is 66.2 Å². The number of fused-ring (bicyclic) bond motifs is 1. The Balaban J connectivity index is 1.81. The van der Waals surface area contributed by atoms with Crippen LogP contribution < -0.4 is 5.73 Å². The highest BCUT2D eigenvalue weighted by Crippen LogP contribution is 2.36. The first-order chi connectivity index (χ1) is 12.8. The summed E-state index contributed by atoms with van der Waals surface area (Å²) in [5.74, 6) is 0. The largest absolute Gasteiger partial charge is 0.398 e. The van der Waals surface area contributed by atoms with E-state index in [4.69, 9.17) is 5.73 Å². The van der Waals surface area contributed by atoms with Gasteiger partial charge in [-0.05, 0) is 29.4 Å². The van der Waals surface area contributed by atoms with Crippen LogP contribution in [0.15, 0.2) is 60.7 Å². The minimum atomic E-state index is 0.923. The van der Waals surface area contributed by atoms with E-state index in [1.807, 2.05) is 0 Å². The predicted molar refractivity (Wildman–Crippen MR) is 115 cm³/mol. The molecule has 3 rings (SSSR count). The topological polar surface area (TPSA) is 26.0 Å². The number of rotatable bonds is 9. The van der Waals surface area contributed by atoms with E-state index in [9.17, 15) is 0 Å². The number of anilines is 1. The molecule has 0 spiro atoms. The lowest BCUT2D eigenvalue weighted by atomic mass is 9.90. The fourth-order valence-corrected chi connectivity index (χ4v) is 3.85. The molecule has 136 valence electrons. The molecule has 2 N–H and O–H groups in total. The maximum absolute atomic E-state index is 6.64.